The Morgan fingerprint density at radius 3 is 2.43 bits per heavy atom. The molecule has 0 aromatic heterocycles. The normalized spacial score (nSPS) is 16.6. The van der Waals surface area contributed by atoms with Crippen molar-refractivity contribution in [2.75, 3.05) is 6.54 Å². The minimum Gasteiger partial charge on any atom is -0.347 e. The zero-order valence-corrected chi connectivity index (χ0v) is 8.08. The molecule has 0 heterocycles. The molecular weight excluding hydrogens is 184 g/mol. The first-order valence-corrected chi connectivity index (χ1v) is 4.92. The standard InChI is InChI=1S/C9H16N2O3/c12-8(10-6-9(13)11-14)5-7-3-1-2-4-7/h7,14H,1-6H2,(H,10,12)(H,11,13). The van der Waals surface area contributed by atoms with Gasteiger partial charge in [-0.05, 0) is 18.8 Å². The van der Waals surface area contributed by atoms with E-state index in [9.17, 15) is 9.59 Å². The van der Waals surface area contributed by atoms with E-state index in [0.717, 1.165) is 12.8 Å². The summed E-state index contributed by atoms with van der Waals surface area (Å²) in [7, 11) is 0. The highest BCUT2D eigenvalue weighted by Gasteiger charge is 2.18. The van der Waals surface area contributed by atoms with Gasteiger partial charge in [0.1, 0.15) is 0 Å². The first-order chi connectivity index (χ1) is 6.72. The molecule has 5 heteroatoms. The topological polar surface area (TPSA) is 78.4 Å². The maximum atomic E-state index is 11.2. The number of rotatable bonds is 4. The third-order valence-corrected chi connectivity index (χ3v) is 2.52. The molecule has 0 spiro atoms. The fraction of sp³-hybridized carbons (Fsp3) is 0.778. The lowest BCUT2D eigenvalue weighted by atomic mass is 10.0. The van der Waals surface area contributed by atoms with Crippen molar-refractivity contribution in [1.82, 2.24) is 10.8 Å². The SMILES string of the molecule is O=C(CNC(=O)CC1CCCC1)NO. The van der Waals surface area contributed by atoms with Gasteiger partial charge in [0.05, 0.1) is 6.54 Å². The maximum absolute atomic E-state index is 11.2. The number of hydrogen-bond donors (Lipinski definition) is 3. The van der Waals surface area contributed by atoms with E-state index in [2.05, 4.69) is 5.32 Å². The van der Waals surface area contributed by atoms with Crippen LogP contribution in [0.4, 0.5) is 0 Å². The fourth-order valence-corrected chi connectivity index (χ4v) is 1.77. The third-order valence-electron chi connectivity index (χ3n) is 2.52. The van der Waals surface area contributed by atoms with Crippen LogP contribution in [-0.4, -0.2) is 23.6 Å². The van der Waals surface area contributed by atoms with Gasteiger partial charge in [0, 0.05) is 6.42 Å². The predicted octanol–water partition coefficient (Wildman–Crippen LogP) is 0.188. The van der Waals surface area contributed by atoms with E-state index in [1.807, 2.05) is 0 Å². The van der Waals surface area contributed by atoms with Gasteiger partial charge in [-0.2, -0.15) is 0 Å². The Morgan fingerprint density at radius 2 is 1.86 bits per heavy atom. The number of hydrogen-bond acceptors (Lipinski definition) is 3. The van der Waals surface area contributed by atoms with Crippen molar-refractivity contribution in [3.63, 3.8) is 0 Å². The van der Waals surface area contributed by atoms with Crippen molar-refractivity contribution in [2.45, 2.75) is 32.1 Å². The van der Waals surface area contributed by atoms with Gasteiger partial charge in [-0.15, -0.1) is 0 Å². The molecule has 0 bridgehead atoms. The highest BCUT2D eigenvalue weighted by molar-refractivity contribution is 5.84. The quantitative estimate of drug-likeness (QED) is 0.447. The van der Waals surface area contributed by atoms with Gasteiger partial charge in [0.15, 0.2) is 0 Å². The second-order valence-electron chi connectivity index (χ2n) is 3.67. The molecule has 0 atom stereocenters. The molecule has 14 heavy (non-hydrogen) atoms. The van der Waals surface area contributed by atoms with Crippen LogP contribution in [0.1, 0.15) is 32.1 Å². The number of hydroxylamine groups is 1. The van der Waals surface area contributed by atoms with Crippen LogP contribution in [0.3, 0.4) is 0 Å². The molecule has 0 aliphatic heterocycles. The third kappa shape index (κ3) is 3.74. The second kappa shape index (κ2) is 5.59. The summed E-state index contributed by atoms with van der Waals surface area (Å²) in [6.45, 7) is -0.151. The summed E-state index contributed by atoms with van der Waals surface area (Å²) in [5.41, 5.74) is 1.46. The van der Waals surface area contributed by atoms with Crippen molar-refractivity contribution in [3.8, 4) is 0 Å². The molecule has 0 aromatic rings. The number of amides is 2. The smallest absolute Gasteiger partial charge is 0.262 e. The Labute approximate surface area is 82.8 Å². The molecule has 1 aliphatic carbocycles. The van der Waals surface area contributed by atoms with Crippen molar-refractivity contribution in [2.24, 2.45) is 5.92 Å². The molecule has 5 nitrogen and oxygen atoms in total. The van der Waals surface area contributed by atoms with Crippen LogP contribution in [0.2, 0.25) is 0 Å². The van der Waals surface area contributed by atoms with Gasteiger partial charge in [-0.3, -0.25) is 14.8 Å². The van der Waals surface area contributed by atoms with Crippen LogP contribution >= 0.6 is 0 Å². The summed E-state index contributed by atoms with van der Waals surface area (Å²) in [5.74, 6) is -0.225. The molecule has 1 saturated carbocycles. The molecule has 0 aromatic carbocycles. The summed E-state index contributed by atoms with van der Waals surface area (Å²) >= 11 is 0. The van der Waals surface area contributed by atoms with E-state index in [1.165, 1.54) is 18.3 Å². The highest BCUT2D eigenvalue weighted by Crippen LogP contribution is 2.27. The molecule has 2 amide bonds. The van der Waals surface area contributed by atoms with Crippen LogP contribution in [0.5, 0.6) is 0 Å². The Morgan fingerprint density at radius 1 is 1.21 bits per heavy atom. The molecular formula is C9H16N2O3. The molecule has 80 valence electrons. The van der Waals surface area contributed by atoms with Gasteiger partial charge in [-0.1, -0.05) is 12.8 Å². The minimum absolute atomic E-state index is 0.111. The van der Waals surface area contributed by atoms with Gasteiger partial charge < -0.3 is 5.32 Å². The first kappa shape index (κ1) is 11.0. The monoisotopic (exact) mass is 200 g/mol. The predicted molar refractivity (Wildman–Crippen MR) is 49.5 cm³/mol. The van der Waals surface area contributed by atoms with Crippen molar-refractivity contribution < 1.29 is 14.8 Å². The maximum Gasteiger partial charge on any atom is 0.262 e. The van der Waals surface area contributed by atoms with Crippen molar-refractivity contribution in [1.29, 1.82) is 0 Å². The van der Waals surface area contributed by atoms with Gasteiger partial charge >= 0.3 is 0 Å². The second-order valence-corrected chi connectivity index (χ2v) is 3.67. The van der Waals surface area contributed by atoms with Crippen LogP contribution < -0.4 is 10.8 Å². The lowest BCUT2D eigenvalue weighted by Gasteiger charge is -2.08. The van der Waals surface area contributed by atoms with E-state index < -0.39 is 5.91 Å². The van der Waals surface area contributed by atoms with E-state index in [4.69, 9.17) is 5.21 Å². The van der Waals surface area contributed by atoms with Gasteiger partial charge in [-0.25, -0.2) is 5.48 Å². The molecule has 3 N–H and O–H groups in total. The number of carbonyl (C=O) groups excluding carboxylic acids is 2. The summed E-state index contributed by atoms with van der Waals surface area (Å²) in [5, 5.41) is 10.6. The molecule has 1 rings (SSSR count). The fourth-order valence-electron chi connectivity index (χ4n) is 1.77. The van der Waals surface area contributed by atoms with E-state index in [1.54, 1.807) is 0 Å². The summed E-state index contributed by atoms with van der Waals surface area (Å²) in [6, 6.07) is 0. The lowest BCUT2D eigenvalue weighted by molar-refractivity contribution is -0.131. The zero-order valence-electron chi connectivity index (χ0n) is 8.08. The van der Waals surface area contributed by atoms with Crippen molar-refractivity contribution in [3.05, 3.63) is 0 Å². The number of carbonyl (C=O) groups is 2. The molecule has 0 unspecified atom stereocenters. The van der Waals surface area contributed by atoms with Crippen molar-refractivity contribution >= 4 is 11.8 Å². The number of nitrogens with one attached hydrogen (secondary N) is 2. The highest BCUT2D eigenvalue weighted by atomic mass is 16.5. The Hall–Kier alpha value is -1.10. The Bertz CT molecular complexity index is 212. The molecule has 0 radical (unpaired) electrons. The zero-order chi connectivity index (χ0) is 10.4. The largest absolute Gasteiger partial charge is 0.347 e. The van der Waals surface area contributed by atoms with Crippen LogP contribution in [0.25, 0.3) is 0 Å². The van der Waals surface area contributed by atoms with Crippen LogP contribution in [0, 0.1) is 5.92 Å². The summed E-state index contributed by atoms with van der Waals surface area (Å²) < 4.78 is 0. The summed E-state index contributed by atoms with van der Waals surface area (Å²) in [6.07, 6.45) is 5.13. The Kier molecular flexibility index (Phi) is 4.39. The molecule has 1 fully saturated rings. The average Bonchev–Trinajstić information content (AvgIpc) is 2.66. The van der Waals surface area contributed by atoms with Crippen LogP contribution in [-0.2, 0) is 9.59 Å². The minimum atomic E-state index is -0.593. The molecule has 0 saturated heterocycles. The van der Waals surface area contributed by atoms with Gasteiger partial charge in [0.2, 0.25) is 5.91 Å². The van der Waals surface area contributed by atoms with E-state index in [0.29, 0.717) is 12.3 Å². The summed E-state index contributed by atoms with van der Waals surface area (Å²) in [4.78, 5) is 21.8. The average molecular weight is 200 g/mol. The molecule has 1 aliphatic rings. The Balaban J connectivity index is 2.12. The lowest BCUT2D eigenvalue weighted by Crippen LogP contribution is -2.35. The van der Waals surface area contributed by atoms with E-state index >= 15 is 0 Å². The van der Waals surface area contributed by atoms with Gasteiger partial charge in [0.25, 0.3) is 5.91 Å². The van der Waals surface area contributed by atoms with Crippen LogP contribution in [0.15, 0.2) is 0 Å². The first-order valence-electron chi connectivity index (χ1n) is 4.92. The van der Waals surface area contributed by atoms with E-state index in [-0.39, 0.29) is 12.5 Å².